The van der Waals surface area contributed by atoms with E-state index in [1.54, 1.807) is 5.57 Å². The molecule has 0 saturated heterocycles. The van der Waals surface area contributed by atoms with Crippen LogP contribution in [0.15, 0.2) is 48.2 Å². The van der Waals surface area contributed by atoms with E-state index in [1.807, 2.05) is 12.3 Å². The van der Waals surface area contributed by atoms with Crippen molar-refractivity contribution in [2.45, 2.75) is 12.8 Å². The van der Waals surface area contributed by atoms with Gasteiger partial charge in [-0.15, -0.1) is 0 Å². The number of anilines is 1. The van der Waals surface area contributed by atoms with E-state index in [0.717, 1.165) is 31.6 Å². The van der Waals surface area contributed by atoms with Crippen LogP contribution in [0, 0.1) is 0 Å². The normalized spacial score (nSPS) is 15.3. The molecule has 0 fully saturated rings. The molecule has 1 aromatic heterocycles. The van der Waals surface area contributed by atoms with Crippen LogP contribution in [-0.2, 0) is 0 Å². The van der Waals surface area contributed by atoms with Gasteiger partial charge in [0, 0.05) is 30.4 Å². The number of hydrogen-bond acceptors (Lipinski definition) is 3. The molecule has 1 aliphatic heterocycles. The standard InChI is InChI=1S/C16H19N3/c1-2-4-15-14(3-1)16(8-12-19-15)18-11-7-13-5-9-17-10-6-13/h1-5,8,12,17H,6-7,9-11H2,(H,18,19). The molecule has 0 aliphatic carbocycles. The van der Waals surface area contributed by atoms with Crippen molar-refractivity contribution in [2.75, 3.05) is 25.0 Å². The molecule has 0 spiro atoms. The predicted octanol–water partition coefficient (Wildman–Crippen LogP) is 2.96. The van der Waals surface area contributed by atoms with Crippen LogP contribution in [0.1, 0.15) is 12.8 Å². The molecule has 0 atom stereocenters. The van der Waals surface area contributed by atoms with Crippen LogP contribution >= 0.6 is 0 Å². The lowest BCUT2D eigenvalue weighted by Crippen LogP contribution is -2.21. The molecule has 1 aliphatic rings. The molecule has 98 valence electrons. The highest BCUT2D eigenvalue weighted by molar-refractivity contribution is 5.90. The number of hydrogen-bond donors (Lipinski definition) is 2. The molecule has 3 heteroatoms. The van der Waals surface area contributed by atoms with Crippen molar-refractivity contribution in [3.05, 3.63) is 48.2 Å². The molecule has 2 aromatic rings. The number of rotatable bonds is 4. The second kappa shape index (κ2) is 5.85. The fourth-order valence-corrected chi connectivity index (χ4v) is 2.50. The van der Waals surface area contributed by atoms with Gasteiger partial charge in [-0.05, 0) is 31.5 Å². The van der Waals surface area contributed by atoms with Crippen LogP contribution in [0.3, 0.4) is 0 Å². The fourth-order valence-electron chi connectivity index (χ4n) is 2.50. The molecule has 0 bridgehead atoms. The number of nitrogens with one attached hydrogen (secondary N) is 2. The van der Waals surface area contributed by atoms with Gasteiger partial charge in [-0.2, -0.15) is 0 Å². The molecule has 3 rings (SSSR count). The van der Waals surface area contributed by atoms with Crippen LogP contribution in [0.4, 0.5) is 5.69 Å². The quantitative estimate of drug-likeness (QED) is 0.823. The minimum atomic E-state index is 0.986. The van der Waals surface area contributed by atoms with Crippen molar-refractivity contribution < 1.29 is 0 Å². The summed E-state index contributed by atoms with van der Waals surface area (Å²) in [7, 11) is 0. The van der Waals surface area contributed by atoms with Crippen LogP contribution in [0.2, 0.25) is 0 Å². The van der Waals surface area contributed by atoms with Crippen molar-refractivity contribution in [1.29, 1.82) is 0 Å². The molecular formula is C16H19N3. The van der Waals surface area contributed by atoms with Crippen LogP contribution in [-0.4, -0.2) is 24.6 Å². The second-order valence-electron chi connectivity index (χ2n) is 4.87. The third kappa shape index (κ3) is 2.93. The summed E-state index contributed by atoms with van der Waals surface area (Å²) in [6, 6.07) is 10.3. The summed E-state index contributed by atoms with van der Waals surface area (Å²) in [5.74, 6) is 0. The molecule has 2 N–H and O–H groups in total. The summed E-state index contributed by atoms with van der Waals surface area (Å²) in [6.07, 6.45) is 6.49. The lowest BCUT2D eigenvalue weighted by Gasteiger charge is -2.15. The highest BCUT2D eigenvalue weighted by atomic mass is 14.9. The third-order valence-corrected chi connectivity index (χ3v) is 3.57. The Balaban J connectivity index is 1.66. The maximum atomic E-state index is 4.38. The maximum Gasteiger partial charge on any atom is 0.0722 e. The van der Waals surface area contributed by atoms with Crippen LogP contribution < -0.4 is 10.6 Å². The van der Waals surface area contributed by atoms with Crippen LogP contribution in [0.25, 0.3) is 10.9 Å². The molecule has 0 amide bonds. The van der Waals surface area contributed by atoms with E-state index < -0.39 is 0 Å². The first-order valence-electron chi connectivity index (χ1n) is 6.90. The predicted molar refractivity (Wildman–Crippen MR) is 80.4 cm³/mol. The Morgan fingerprint density at radius 3 is 3.05 bits per heavy atom. The number of benzene rings is 1. The molecule has 0 saturated carbocycles. The first kappa shape index (κ1) is 12.2. The Kier molecular flexibility index (Phi) is 3.75. The molecule has 19 heavy (non-hydrogen) atoms. The van der Waals surface area contributed by atoms with Crippen molar-refractivity contribution in [3.63, 3.8) is 0 Å². The summed E-state index contributed by atoms with van der Waals surface area (Å²) in [5.41, 5.74) is 3.79. The van der Waals surface area contributed by atoms with E-state index in [-0.39, 0.29) is 0 Å². The van der Waals surface area contributed by atoms with Gasteiger partial charge in [-0.1, -0.05) is 29.8 Å². The Bertz CT molecular complexity index is 584. The third-order valence-electron chi connectivity index (χ3n) is 3.57. The van der Waals surface area contributed by atoms with Gasteiger partial charge in [0.1, 0.15) is 0 Å². The monoisotopic (exact) mass is 253 g/mol. The lowest BCUT2D eigenvalue weighted by molar-refractivity contribution is 0.683. The second-order valence-corrected chi connectivity index (χ2v) is 4.87. The first-order valence-corrected chi connectivity index (χ1v) is 6.90. The number of aromatic nitrogens is 1. The average Bonchev–Trinajstić information content (AvgIpc) is 2.49. The van der Waals surface area contributed by atoms with Gasteiger partial charge >= 0.3 is 0 Å². The summed E-state index contributed by atoms with van der Waals surface area (Å²) >= 11 is 0. The number of nitrogens with zero attached hydrogens (tertiary/aromatic N) is 1. The Hall–Kier alpha value is -1.87. The number of fused-ring (bicyclic) bond motifs is 1. The van der Waals surface area contributed by atoms with Gasteiger partial charge < -0.3 is 10.6 Å². The SMILES string of the molecule is C1=C(CCNc2ccnc3ccccc23)CCNC1. The van der Waals surface area contributed by atoms with Gasteiger partial charge in [-0.3, -0.25) is 4.98 Å². The Labute approximate surface area is 113 Å². The molecular weight excluding hydrogens is 234 g/mol. The highest BCUT2D eigenvalue weighted by Gasteiger charge is 2.04. The van der Waals surface area contributed by atoms with E-state index in [1.165, 1.54) is 17.5 Å². The first-order chi connectivity index (χ1) is 9.43. The summed E-state index contributed by atoms with van der Waals surface area (Å²) in [6.45, 7) is 3.12. The zero-order valence-electron chi connectivity index (χ0n) is 11.0. The smallest absolute Gasteiger partial charge is 0.0722 e. The zero-order valence-corrected chi connectivity index (χ0v) is 11.0. The minimum absolute atomic E-state index is 0.986. The topological polar surface area (TPSA) is 37.0 Å². The van der Waals surface area contributed by atoms with E-state index in [2.05, 4.69) is 46.0 Å². The molecule has 0 unspecified atom stereocenters. The maximum absolute atomic E-state index is 4.38. The van der Waals surface area contributed by atoms with Crippen molar-refractivity contribution in [1.82, 2.24) is 10.3 Å². The van der Waals surface area contributed by atoms with Crippen molar-refractivity contribution in [3.8, 4) is 0 Å². The largest absolute Gasteiger partial charge is 0.384 e. The fraction of sp³-hybridized carbons (Fsp3) is 0.312. The minimum Gasteiger partial charge on any atom is -0.384 e. The molecule has 3 nitrogen and oxygen atoms in total. The van der Waals surface area contributed by atoms with E-state index in [0.29, 0.717) is 0 Å². The van der Waals surface area contributed by atoms with Crippen molar-refractivity contribution >= 4 is 16.6 Å². The van der Waals surface area contributed by atoms with Gasteiger partial charge in [0.15, 0.2) is 0 Å². The van der Waals surface area contributed by atoms with E-state index in [9.17, 15) is 0 Å². The Morgan fingerprint density at radius 1 is 1.21 bits per heavy atom. The van der Waals surface area contributed by atoms with Gasteiger partial charge in [-0.25, -0.2) is 0 Å². The summed E-state index contributed by atoms with van der Waals surface area (Å²) < 4.78 is 0. The number of para-hydroxylation sites is 1. The van der Waals surface area contributed by atoms with E-state index >= 15 is 0 Å². The zero-order chi connectivity index (χ0) is 12.9. The summed E-state index contributed by atoms with van der Waals surface area (Å²) in [4.78, 5) is 4.38. The lowest BCUT2D eigenvalue weighted by atomic mass is 10.1. The average molecular weight is 253 g/mol. The van der Waals surface area contributed by atoms with Gasteiger partial charge in [0.2, 0.25) is 0 Å². The molecule has 2 heterocycles. The van der Waals surface area contributed by atoms with E-state index in [4.69, 9.17) is 0 Å². The highest BCUT2D eigenvalue weighted by Crippen LogP contribution is 2.21. The number of pyridine rings is 1. The Morgan fingerprint density at radius 2 is 2.16 bits per heavy atom. The van der Waals surface area contributed by atoms with Gasteiger partial charge in [0.25, 0.3) is 0 Å². The van der Waals surface area contributed by atoms with Crippen LogP contribution in [0.5, 0.6) is 0 Å². The van der Waals surface area contributed by atoms with Gasteiger partial charge in [0.05, 0.1) is 5.52 Å². The molecule has 0 radical (unpaired) electrons. The summed E-state index contributed by atoms with van der Waals surface area (Å²) in [5, 5.41) is 8.07. The van der Waals surface area contributed by atoms with Crippen molar-refractivity contribution in [2.24, 2.45) is 0 Å². The molecule has 1 aromatic carbocycles.